The lowest BCUT2D eigenvalue weighted by molar-refractivity contribution is -0.172. The van der Waals surface area contributed by atoms with Crippen LogP contribution in [0, 0.1) is 0 Å². The number of rotatable bonds is 6. The molecule has 1 aromatic heterocycles. The number of thiazole rings is 1. The van der Waals surface area contributed by atoms with Crippen molar-refractivity contribution in [3.63, 3.8) is 0 Å². The van der Waals surface area contributed by atoms with E-state index < -0.39 is 12.8 Å². The minimum Gasteiger partial charge on any atom is -0.371 e. The maximum Gasteiger partial charge on any atom is 0.411 e. The normalized spacial score (nSPS) is 11.8. The number of aromatic nitrogens is 1. The first-order valence-electron chi connectivity index (χ1n) is 5.83. The first-order valence-corrected chi connectivity index (χ1v) is 7.69. The molecule has 0 saturated heterocycles. The van der Waals surface area contributed by atoms with E-state index in [0.29, 0.717) is 5.75 Å². The second-order valence-corrected chi connectivity index (χ2v) is 6.08. The number of thioether (sulfide) groups is 1. The van der Waals surface area contributed by atoms with Crippen LogP contribution in [0.3, 0.4) is 0 Å². The molecule has 2 rings (SSSR count). The molecule has 7 heteroatoms. The molecule has 0 saturated carbocycles. The summed E-state index contributed by atoms with van der Waals surface area (Å²) < 4.78 is 40.9. The Morgan fingerprint density at radius 2 is 1.95 bits per heavy atom. The van der Waals surface area contributed by atoms with E-state index >= 15 is 0 Å². The van der Waals surface area contributed by atoms with Gasteiger partial charge in [0.1, 0.15) is 6.61 Å². The predicted octanol–water partition coefficient (Wildman–Crippen LogP) is 4.48. The number of alkyl halides is 3. The summed E-state index contributed by atoms with van der Waals surface area (Å²) in [6, 6.07) is 9.74. The van der Waals surface area contributed by atoms with Gasteiger partial charge in [0.15, 0.2) is 4.34 Å². The van der Waals surface area contributed by atoms with Crippen LogP contribution in [0.5, 0.6) is 0 Å². The Morgan fingerprint density at radius 1 is 1.20 bits per heavy atom. The fourth-order valence-electron chi connectivity index (χ4n) is 1.44. The molecule has 1 heterocycles. The van der Waals surface area contributed by atoms with Crippen LogP contribution in [0.15, 0.2) is 40.1 Å². The van der Waals surface area contributed by atoms with Gasteiger partial charge in [0.25, 0.3) is 0 Å². The number of halogens is 3. The summed E-state index contributed by atoms with van der Waals surface area (Å²) in [6.07, 6.45) is -4.26. The molecule has 0 spiro atoms. The van der Waals surface area contributed by atoms with Gasteiger partial charge in [-0.25, -0.2) is 4.98 Å². The van der Waals surface area contributed by atoms with Crippen molar-refractivity contribution in [2.45, 2.75) is 10.5 Å². The van der Waals surface area contributed by atoms with Crippen molar-refractivity contribution in [1.82, 2.24) is 4.98 Å². The van der Waals surface area contributed by atoms with Crippen molar-refractivity contribution in [1.29, 1.82) is 0 Å². The lowest BCUT2D eigenvalue weighted by Gasteiger charge is -2.06. The van der Waals surface area contributed by atoms with Crippen molar-refractivity contribution in [2.24, 2.45) is 0 Å². The SMILES string of the molecule is FC(F)(F)COCCSc1nc(-c2ccccc2)cs1. The second-order valence-electron chi connectivity index (χ2n) is 3.88. The third kappa shape index (κ3) is 5.15. The van der Waals surface area contributed by atoms with Crippen LogP contribution in [0.2, 0.25) is 0 Å². The van der Waals surface area contributed by atoms with E-state index in [2.05, 4.69) is 9.72 Å². The Bertz CT molecular complexity index is 528. The predicted molar refractivity (Wildman–Crippen MR) is 75.1 cm³/mol. The summed E-state index contributed by atoms with van der Waals surface area (Å²) in [5, 5.41) is 1.94. The molecule has 0 aliphatic rings. The minimum absolute atomic E-state index is 0.0599. The van der Waals surface area contributed by atoms with Gasteiger partial charge in [-0.05, 0) is 0 Å². The van der Waals surface area contributed by atoms with E-state index in [4.69, 9.17) is 0 Å². The highest BCUT2D eigenvalue weighted by atomic mass is 32.2. The number of hydrogen-bond donors (Lipinski definition) is 0. The monoisotopic (exact) mass is 319 g/mol. The van der Waals surface area contributed by atoms with Crippen LogP contribution >= 0.6 is 23.1 Å². The first-order chi connectivity index (χ1) is 9.54. The van der Waals surface area contributed by atoms with E-state index in [0.717, 1.165) is 15.6 Å². The highest BCUT2D eigenvalue weighted by molar-refractivity contribution is 8.01. The summed E-state index contributed by atoms with van der Waals surface area (Å²) >= 11 is 2.88. The van der Waals surface area contributed by atoms with Gasteiger partial charge in [-0.2, -0.15) is 13.2 Å². The fraction of sp³-hybridized carbons (Fsp3) is 0.308. The molecule has 2 nitrogen and oxygen atoms in total. The van der Waals surface area contributed by atoms with Crippen LogP contribution in [-0.4, -0.2) is 30.1 Å². The van der Waals surface area contributed by atoms with E-state index in [1.165, 1.54) is 23.1 Å². The van der Waals surface area contributed by atoms with Gasteiger partial charge in [-0.3, -0.25) is 0 Å². The van der Waals surface area contributed by atoms with Gasteiger partial charge in [-0.15, -0.1) is 11.3 Å². The van der Waals surface area contributed by atoms with Crippen LogP contribution in [0.4, 0.5) is 13.2 Å². The largest absolute Gasteiger partial charge is 0.411 e. The molecule has 0 atom stereocenters. The number of hydrogen-bond acceptors (Lipinski definition) is 4. The van der Waals surface area contributed by atoms with Gasteiger partial charge in [-0.1, -0.05) is 42.1 Å². The van der Waals surface area contributed by atoms with E-state index in [9.17, 15) is 13.2 Å². The third-order valence-corrected chi connectivity index (χ3v) is 4.26. The summed E-state index contributed by atoms with van der Waals surface area (Å²) in [4.78, 5) is 4.43. The Morgan fingerprint density at radius 3 is 2.65 bits per heavy atom. The first kappa shape index (κ1) is 15.3. The van der Waals surface area contributed by atoms with Crippen molar-refractivity contribution in [2.75, 3.05) is 19.0 Å². The maximum absolute atomic E-state index is 11.9. The number of ether oxygens (including phenoxy) is 1. The highest BCUT2D eigenvalue weighted by Gasteiger charge is 2.27. The minimum atomic E-state index is -4.26. The highest BCUT2D eigenvalue weighted by Crippen LogP contribution is 2.28. The van der Waals surface area contributed by atoms with Crippen LogP contribution in [0.1, 0.15) is 0 Å². The summed E-state index contributed by atoms with van der Waals surface area (Å²) in [6.45, 7) is -1.13. The van der Waals surface area contributed by atoms with E-state index in [1.54, 1.807) is 0 Å². The van der Waals surface area contributed by atoms with Gasteiger partial charge >= 0.3 is 6.18 Å². The van der Waals surface area contributed by atoms with Crippen LogP contribution in [0.25, 0.3) is 11.3 Å². The van der Waals surface area contributed by atoms with Gasteiger partial charge in [0.05, 0.1) is 12.3 Å². The second kappa shape index (κ2) is 7.10. The lowest BCUT2D eigenvalue weighted by Crippen LogP contribution is -2.17. The number of benzene rings is 1. The molecule has 1 aromatic carbocycles. The molecule has 0 bridgehead atoms. The maximum atomic E-state index is 11.9. The fourth-order valence-corrected chi connectivity index (χ4v) is 3.20. The molecule has 0 aliphatic carbocycles. The van der Waals surface area contributed by atoms with Gasteiger partial charge in [0, 0.05) is 16.7 Å². The standard InChI is InChI=1S/C13H12F3NOS2/c14-13(15,16)9-18-6-7-19-12-17-11(8-20-12)10-4-2-1-3-5-10/h1-5,8H,6-7,9H2. The van der Waals surface area contributed by atoms with Crippen molar-refractivity contribution < 1.29 is 17.9 Å². The molecule has 0 fully saturated rings. The van der Waals surface area contributed by atoms with E-state index in [-0.39, 0.29) is 6.61 Å². The average molecular weight is 319 g/mol. The Balaban J connectivity index is 1.76. The van der Waals surface area contributed by atoms with Gasteiger partial charge < -0.3 is 4.74 Å². The van der Waals surface area contributed by atoms with Crippen molar-refractivity contribution >= 4 is 23.1 Å². The Hall–Kier alpha value is -1.05. The van der Waals surface area contributed by atoms with Crippen molar-refractivity contribution in [3.8, 4) is 11.3 Å². The molecule has 0 amide bonds. The average Bonchev–Trinajstić information content (AvgIpc) is 2.87. The number of nitrogens with zero attached hydrogens (tertiary/aromatic N) is 1. The van der Waals surface area contributed by atoms with E-state index in [1.807, 2.05) is 35.7 Å². The van der Waals surface area contributed by atoms with Crippen LogP contribution in [-0.2, 0) is 4.74 Å². The quantitative estimate of drug-likeness (QED) is 0.579. The van der Waals surface area contributed by atoms with Crippen molar-refractivity contribution in [3.05, 3.63) is 35.7 Å². The van der Waals surface area contributed by atoms with Crippen LogP contribution < -0.4 is 0 Å². The lowest BCUT2D eigenvalue weighted by atomic mass is 10.2. The van der Waals surface area contributed by atoms with Gasteiger partial charge in [0.2, 0.25) is 0 Å². The Kier molecular flexibility index (Phi) is 5.45. The molecule has 0 N–H and O–H groups in total. The molecular weight excluding hydrogens is 307 g/mol. The summed E-state index contributed by atoms with van der Waals surface area (Å²) in [5.41, 5.74) is 1.92. The zero-order valence-electron chi connectivity index (χ0n) is 10.4. The third-order valence-electron chi connectivity index (χ3n) is 2.27. The molecule has 0 radical (unpaired) electrons. The smallest absolute Gasteiger partial charge is 0.371 e. The molecule has 108 valence electrons. The topological polar surface area (TPSA) is 22.1 Å². The molecule has 0 unspecified atom stereocenters. The molecule has 20 heavy (non-hydrogen) atoms. The zero-order chi connectivity index (χ0) is 14.4. The molecular formula is C13H12F3NOS2. The molecule has 0 aliphatic heterocycles. The summed E-state index contributed by atoms with van der Waals surface area (Å²) in [7, 11) is 0. The zero-order valence-corrected chi connectivity index (χ0v) is 12.0. The molecule has 2 aromatic rings. The summed E-state index contributed by atoms with van der Waals surface area (Å²) in [5.74, 6) is 0.456. The Labute approximate surface area is 123 Å².